The van der Waals surface area contributed by atoms with E-state index in [1.807, 2.05) is 42.3 Å². The number of nitrogens with one attached hydrogen (secondary N) is 1. The Bertz CT molecular complexity index is 496. The summed E-state index contributed by atoms with van der Waals surface area (Å²) in [7, 11) is 1.90. The van der Waals surface area contributed by atoms with Crippen LogP contribution < -0.4 is 5.32 Å². The molecule has 16 heavy (non-hydrogen) atoms. The highest BCUT2D eigenvalue weighted by Crippen LogP contribution is 2.23. The molecular formula is C11H11ClIN3. The van der Waals surface area contributed by atoms with Crippen LogP contribution in [0.2, 0.25) is 5.02 Å². The predicted molar refractivity (Wildman–Crippen MR) is 74.1 cm³/mol. The number of nitrogens with zero attached hydrogens (tertiary/aromatic N) is 2. The molecule has 0 spiro atoms. The largest absolute Gasteiger partial charge is 0.316 e. The summed E-state index contributed by atoms with van der Waals surface area (Å²) in [5.74, 6) is 0. The van der Waals surface area contributed by atoms with Crippen LogP contribution in [0.15, 0.2) is 30.6 Å². The van der Waals surface area contributed by atoms with Gasteiger partial charge in [-0.15, -0.1) is 0 Å². The molecule has 0 saturated carbocycles. The average Bonchev–Trinajstić information content (AvgIpc) is 2.68. The van der Waals surface area contributed by atoms with Gasteiger partial charge in [-0.25, -0.2) is 4.68 Å². The fourth-order valence-corrected chi connectivity index (χ4v) is 2.17. The third-order valence-electron chi connectivity index (χ3n) is 2.25. The van der Waals surface area contributed by atoms with Gasteiger partial charge in [0, 0.05) is 23.3 Å². The molecule has 3 nitrogen and oxygen atoms in total. The second-order valence-electron chi connectivity index (χ2n) is 3.37. The normalized spacial score (nSPS) is 10.7. The van der Waals surface area contributed by atoms with E-state index in [0.29, 0.717) is 0 Å². The molecule has 1 aromatic carbocycles. The first-order valence-corrected chi connectivity index (χ1v) is 6.30. The van der Waals surface area contributed by atoms with Crippen molar-refractivity contribution in [3.8, 4) is 5.69 Å². The Hall–Kier alpha value is -0.590. The second kappa shape index (κ2) is 5.16. The maximum atomic E-state index is 6.18. The summed E-state index contributed by atoms with van der Waals surface area (Å²) in [5.41, 5.74) is 2.08. The zero-order chi connectivity index (χ0) is 11.5. The summed E-state index contributed by atoms with van der Waals surface area (Å²) in [6.45, 7) is 0.728. The van der Waals surface area contributed by atoms with Gasteiger partial charge in [0.05, 0.1) is 15.5 Å². The molecule has 0 radical (unpaired) electrons. The second-order valence-corrected chi connectivity index (χ2v) is 5.02. The topological polar surface area (TPSA) is 29.9 Å². The minimum absolute atomic E-state index is 0.728. The molecule has 0 aliphatic heterocycles. The van der Waals surface area contributed by atoms with Crippen molar-refractivity contribution >= 4 is 34.2 Å². The van der Waals surface area contributed by atoms with Crippen molar-refractivity contribution in [3.05, 3.63) is 44.7 Å². The Labute approximate surface area is 113 Å². The van der Waals surface area contributed by atoms with E-state index >= 15 is 0 Å². The van der Waals surface area contributed by atoms with E-state index < -0.39 is 0 Å². The minimum Gasteiger partial charge on any atom is -0.316 e. The van der Waals surface area contributed by atoms with Crippen LogP contribution in [0.5, 0.6) is 0 Å². The summed E-state index contributed by atoms with van der Waals surface area (Å²) in [5, 5.41) is 8.17. The van der Waals surface area contributed by atoms with Crippen molar-refractivity contribution in [1.29, 1.82) is 0 Å². The molecule has 2 aromatic rings. The standard InChI is InChI=1S/C11H11ClIN3/c1-14-6-9-10(12)3-2-4-11(9)16-7-8(13)5-15-16/h2-5,7,14H,6H2,1H3. The lowest BCUT2D eigenvalue weighted by atomic mass is 10.2. The van der Waals surface area contributed by atoms with Gasteiger partial charge in [0.25, 0.3) is 0 Å². The van der Waals surface area contributed by atoms with E-state index in [0.717, 1.165) is 26.4 Å². The number of halogens is 2. The van der Waals surface area contributed by atoms with Crippen LogP contribution in [0.4, 0.5) is 0 Å². The van der Waals surface area contributed by atoms with Crippen LogP contribution >= 0.6 is 34.2 Å². The lowest BCUT2D eigenvalue weighted by Crippen LogP contribution is -2.10. The van der Waals surface area contributed by atoms with Crippen LogP contribution in [-0.2, 0) is 6.54 Å². The molecular weight excluding hydrogens is 336 g/mol. The maximum absolute atomic E-state index is 6.18. The Kier molecular flexibility index (Phi) is 3.83. The fourth-order valence-electron chi connectivity index (χ4n) is 1.55. The van der Waals surface area contributed by atoms with Gasteiger partial charge in [-0.1, -0.05) is 17.7 Å². The number of hydrogen-bond donors (Lipinski definition) is 1. The summed E-state index contributed by atoms with van der Waals surface area (Å²) in [6.07, 6.45) is 3.80. The molecule has 0 aliphatic carbocycles. The fraction of sp³-hybridized carbons (Fsp3) is 0.182. The molecule has 5 heteroatoms. The molecule has 1 aromatic heterocycles. The van der Waals surface area contributed by atoms with E-state index in [2.05, 4.69) is 33.0 Å². The van der Waals surface area contributed by atoms with E-state index in [4.69, 9.17) is 11.6 Å². The van der Waals surface area contributed by atoms with Gasteiger partial charge in [0.15, 0.2) is 0 Å². The highest BCUT2D eigenvalue weighted by molar-refractivity contribution is 14.1. The number of aromatic nitrogens is 2. The van der Waals surface area contributed by atoms with Crippen molar-refractivity contribution < 1.29 is 0 Å². The van der Waals surface area contributed by atoms with Crippen LogP contribution in [0.3, 0.4) is 0 Å². The maximum Gasteiger partial charge on any atom is 0.0705 e. The molecule has 0 amide bonds. The molecule has 2 rings (SSSR count). The van der Waals surface area contributed by atoms with E-state index in [1.165, 1.54) is 0 Å². The lowest BCUT2D eigenvalue weighted by Gasteiger charge is -2.10. The highest BCUT2D eigenvalue weighted by Gasteiger charge is 2.08. The van der Waals surface area contributed by atoms with Crippen molar-refractivity contribution in [2.45, 2.75) is 6.54 Å². The summed E-state index contributed by atoms with van der Waals surface area (Å²) < 4.78 is 2.95. The van der Waals surface area contributed by atoms with Gasteiger partial charge in [0.2, 0.25) is 0 Å². The van der Waals surface area contributed by atoms with Crippen LogP contribution in [0, 0.1) is 3.57 Å². The minimum atomic E-state index is 0.728. The molecule has 0 bridgehead atoms. The van der Waals surface area contributed by atoms with Gasteiger partial charge in [-0.3, -0.25) is 0 Å². The smallest absolute Gasteiger partial charge is 0.0705 e. The van der Waals surface area contributed by atoms with Crippen LogP contribution in [-0.4, -0.2) is 16.8 Å². The highest BCUT2D eigenvalue weighted by atomic mass is 127. The Morgan fingerprint density at radius 1 is 1.50 bits per heavy atom. The SMILES string of the molecule is CNCc1c(Cl)cccc1-n1cc(I)cn1. The van der Waals surface area contributed by atoms with Crippen molar-refractivity contribution in [1.82, 2.24) is 15.1 Å². The van der Waals surface area contributed by atoms with E-state index in [1.54, 1.807) is 0 Å². The van der Waals surface area contributed by atoms with Crippen molar-refractivity contribution in [2.24, 2.45) is 0 Å². The van der Waals surface area contributed by atoms with Gasteiger partial charge < -0.3 is 5.32 Å². The third-order valence-corrected chi connectivity index (χ3v) is 3.16. The van der Waals surface area contributed by atoms with E-state index in [9.17, 15) is 0 Å². The summed E-state index contributed by atoms with van der Waals surface area (Å²) in [4.78, 5) is 0. The van der Waals surface area contributed by atoms with Gasteiger partial charge in [-0.05, 0) is 41.8 Å². The lowest BCUT2D eigenvalue weighted by molar-refractivity contribution is 0.789. The molecule has 0 saturated heterocycles. The summed E-state index contributed by atoms with van der Waals surface area (Å²) >= 11 is 8.42. The predicted octanol–water partition coefficient (Wildman–Crippen LogP) is 2.85. The van der Waals surface area contributed by atoms with Crippen molar-refractivity contribution in [2.75, 3.05) is 7.05 Å². The molecule has 1 N–H and O–H groups in total. The van der Waals surface area contributed by atoms with Gasteiger partial charge >= 0.3 is 0 Å². The van der Waals surface area contributed by atoms with Crippen molar-refractivity contribution in [3.63, 3.8) is 0 Å². The third kappa shape index (κ3) is 2.39. The van der Waals surface area contributed by atoms with Crippen LogP contribution in [0.1, 0.15) is 5.56 Å². The van der Waals surface area contributed by atoms with Gasteiger partial charge in [0.1, 0.15) is 0 Å². The first-order valence-electron chi connectivity index (χ1n) is 4.85. The van der Waals surface area contributed by atoms with Crippen LogP contribution in [0.25, 0.3) is 5.69 Å². The number of benzene rings is 1. The average molecular weight is 348 g/mol. The molecule has 0 atom stereocenters. The quantitative estimate of drug-likeness (QED) is 0.865. The molecule has 84 valence electrons. The zero-order valence-electron chi connectivity index (χ0n) is 8.74. The Morgan fingerprint density at radius 3 is 2.94 bits per heavy atom. The molecule has 0 unspecified atom stereocenters. The first kappa shape index (κ1) is 11.9. The van der Waals surface area contributed by atoms with E-state index in [-0.39, 0.29) is 0 Å². The Balaban J connectivity index is 2.51. The van der Waals surface area contributed by atoms with Gasteiger partial charge in [-0.2, -0.15) is 5.10 Å². The number of rotatable bonds is 3. The summed E-state index contributed by atoms with van der Waals surface area (Å²) in [6, 6.07) is 5.85. The molecule has 1 heterocycles. The molecule has 0 fully saturated rings. The first-order chi connectivity index (χ1) is 7.72. The molecule has 0 aliphatic rings. The Morgan fingerprint density at radius 2 is 2.31 bits per heavy atom. The zero-order valence-corrected chi connectivity index (χ0v) is 11.7. The monoisotopic (exact) mass is 347 g/mol. The number of hydrogen-bond acceptors (Lipinski definition) is 2.